The van der Waals surface area contributed by atoms with Crippen molar-refractivity contribution in [3.05, 3.63) is 24.3 Å². The Kier molecular flexibility index (Phi) is 3.33. The summed E-state index contributed by atoms with van der Waals surface area (Å²) in [5.74, 6) is 2.99. The molecule has 1 aliphatic rings. The van der Waals surface area contributed by atoms with Gasteiger partial charge in [0.1, 0.15) is 5.82 Å². The molecule has 0 saturated carbocycles. The Labute approximate surface area is 114 Å². The summed E-state index contributed by atoms with van der Waals surface area (Å²) in [4.78, 5) is 11.2. The van der Waals surface area contributed by atoms with Crippen LogP contribution < -0.4 is 10.2 Å². The van der Waals surface area contributed by atoms with E-state index in [4.69, 9.17) is 0 Å². The number of anilines is 2. The maximum absolute atomic E-state index is 11.5. The third-order valence-electron chi connectivity index (χ3n) is 3.28. The fraction of sp³-hybridized carbons (Fsp3) is 0.385. The normalized spacial score (nSPS) is 16.8. The quantitative estimate of drug-likeness (QED) is 0.894. The van der Waals surface area contributed by atoms with E-state index in [-0.39, 0.29) is 0 Å². The Balaban J connectivity index is 2.08. The van der Waals surface area contributed by atoms with Gasteiger partial charge in [0, 0.05) is 47.8 Å². The maximum Gasteiger partial charge on any atom is 0.224 e. The summed E-state index contributed by atoms with van der Waals surface area (Å²) >= 11 is 0. The highest BCUT2D eigenvalue weighted by atomic mass is 32.2. The molecule has 1 saturated heterocycles. The summed E-state index contributed by atoms with van der Waals surface area (Å²) in [5, 5.41) is 4.05. The summed E-state index contributed by atoms with van der Waals surface area (Å²) in [5.41, 5.74) is 0.934. The van der Waals surface area contributed by atoms with Gasteiger partial charge >= 0.3 is 0 Å². The van der Waals surface area contributed by atoms with E-state index in [0.29, 0.717) is 17.5 Å². The van der Waals surface area contributed by atoms with Crippen LogP contribution in [0.15, 0.2) is 24.3 Å². The summed E-state index contributed by atoms with van der Waals surface area (Å²) in [7, 11) is 1.14. The Morgan fingerprint density at radius 1 is 1.21 bits per heavy atom. The first-order valence-corrected chi connectivity index (χ1v) is 7.81. The molecule has 1 aromatic carbocycles. The maximum atomic E-state index is 11.5. The predicted octanol–water partition coefficient (Wildman–Crippen LogP) is 1.24. The van der Waals surface area contributed by atoms with Crippen LogP contribution in [0.4, 0.5) is 11.8 Å². The molecule has 100 valence electrons. The van der Waals surface area contributed by atoms with Crippen LogP contribution in [0.1, 0.15) is 0 Å². The van der Waals surface area contributed by atoms with E-state index in [1.807, 2.05) is 31.3 Å². The van der Waals surface area contributed by atoms with E-state index in [1.165, 1.54) is 0 Å². The molecule has 1 N–H and O–H groups in total. The third-order valence-corrected chi connectivity index (χ3v) is 4.56. The van der Waals surface area contributed by atoms with Gasteiger partial charge in [0.25, 0.3) is 0 Å². The average Bonchev–Trinajstić information content (AvgIpc) is 2.47. The van der Waals surface area contributed by atoms with Crippen molar-refractivity contribution in [1.82, 2.24) is 9.97 Å². The van der Waals surface area contributed by atoms with Gasteiger partial charge in [-0.25, -0.2) is 4.98 Å². The zero-order valence-electron chi connectivity index (χ0n) is 10.8. The van der Waals surface area contributed by atoms with E-state index < -0.39 is 10.8 Å². The van der Waals surface area contributed by atoms with Gasteiger partial charge in [-0.15, -0.1) is 0 Å². The van der Waals surface area contributed by atoms with Crippen molar-refractivity contribution in [1.29, 1.82) is 0 Å². The molecule has 1 aliphatic heterocycles. The van der Waals surface area contributed by atoms with Crippen LogP contribution in [0.25, 0.3) is 10.9 Å². The number of rotatable bonds is 2. The number of hydrogen-bond acceptors (Lipinski definition) is 5. The average molecular weight is 276 g/mol. The molecule has 5 nitrogen and oxygen atoms in total. The molecule has 6 heteroatoms. The van der Waals surface area contributed by atoms with Gasteiger partial charge in [0.05, 0.1) is 5.52 Å². The van der Waals surface area contributed by atoms with Crippen molar-refractivity contribution >= 4 is 33.5 Å². The zero-order chi connectivity index (χ0) is 13.2. The van der Waals surface area contributed by atoms with E-state index in [2.05, 4.69) is 20.2 Å². The minimum absolute atomic E-state index is 0.625. The third kappa shape index (κ3) is 2.40. The lowest BCUT2D eigenvalue weighted by Gasteiger charge is -2.28. The SMILES string of the molecule is CNc1nc(N2CCS(=O)CC2)c2ccccc2n1. The molecule has 0 amide bonds. The van der Waals surface area contributed by atoms with Gasteiger partial charge in [0.15, 0.2) is 0 Å². The highest BCUT2D eigenvalue weighted by molar-refractivity contribution is 7.85. The molecular weight excluding hydrogens is 260 g/mol. The molecule has 2 heterocycles. The number of aromatic nitrogens is 2. The molecular formula is C13H16N4OS. The lowest BCUT2D eigenvalue weighted by Crippen LogP contribution is -2.38. The van der Waals surface area contributed by atoms with E-state index in [9.17, 15) is 4.21 Å². The summed E-state index contributed by atoms with van der Waals surface area (Å²) in [6.45, 7) is 1.58. The fourth-order valence-corrected chi connectivity index (χ4v) is 3.31. The molecule has 3 rings (SSSR count). The summed E-state index contributed by atoms with van der Waals surface area (Å²) < 4.78 is 11.5. The first kappa shape index (κ1) is 12.3. The van der Waals surface area contributed by atoms with Crippen LogP contribution in [0.5, 0.6) is 0 Å². The minimum Gasteiger partial charge on any atom is -0.357 e. The van der Waals surface area contributed by atoms with Gasteiger partial charge in [-0.3, -0.25) is 4.21 Å². The number of benzene rings is 1. The molecule has 0 atom stereocenters. The molecule has 1 aromatic heterocycles. The minimum atomic E-state index is -0.676. The molecule has 1 fully saturated rings. The fourth-order valence-electron chi connectivity index (χ4n) is 2.26. The number of fused-ring (bicyclic) bond motifs is 1. The van der Waals surface area contributed by atoms with Gasteiger partial charge in [-0.1, -0.05) is 12.1 Å². The monoisotopic (exact) mass is 276 g/mol. The summed E-state index contributed by atoms with van der Waals surface area (Å²) in [6.07, 6.45) is 0. The second-order valence-corrected chi connectivity index (χ2v) is 6.17. The Bertz CT molecular complexity index is 621. The molecule has 0 unspecified atom stereocenters. The molecule has 0 bridgehead atoms. The first-order chi connectivity index (χ1) is 9.28. The van der Waals surface area contributed by atoms with Crippen molar-refractivity contribution in [2.24, 2.45) is 0 Å². The largest absolute Gasteiger partial charge is 0.357 e. The lowest BCUT2D eigenvalue weighted by molar-refractivity contribution is 0.672. The van der Waals surface area contributed by atoms with Crippen LogP contribution in [0.3, 0.4) is 0 Å². The molecule has 19 heavy (non-hydrogen) atoms. The molecule has 2 aromatic rings. The van der Waals surface area contributed by atoms with Crippen LogP contribution in [0, 0.1) is 0 Å². The van der Waals surface area contributed by atoms with Crippen molar-refractivity contribution in [2.45, 2.75) is 0 Å². The van der Waals surface area contributed by atoms with Gasteiger partial charge in [-0.05, 0) is 12.1 Å². The number of nitrogens with zero attached hydrogens (tertiary/aromatic N) is 3. The van der Waals surface area contributed by atoms with Crippen molar-refractivity contribution in [3.8, 4) is 0 Å². The number of para-hydroxylation sites is 1. The molecule has 0 spiro atoms. The first-order valence-electron chi connectivity index (χ1n) is 6.32. The van der Waals surface area contributed by atoms with Gasteiger partial charge in [-0.2, -0.15) is 4.98 Å². The van der Waals surface area contributed by atoms with Crippen molar-refractivity contribution in [2.75, 3.05) is 41.9 Å². The highest BCUT2D eigenvalue weighted by Crippen LogP contribution is 2.25. The van der Waals surface area contributed by atoms with Crippen LogP contribution >= 0.6 is 0 Å². The second kappa shape index (κ2) is 5.13. The Morgan fingerprint density at radius 2 is 1.95 bits per heavy atom. The molecule has 0 radical (unpaired) electrons. The standard InChI is InChI=1S/C13H16N4OS/c1-14-13-15-11-5-3-2-4-10(11)12(16-13)17-6-8-19(18)9-7-17/h2-5H,6-9H2,1H3,(H,14,15,16). The van der Waals surface area contributed by atoms with Crippen LogP contribution in [-0.2, 0) is 10.8 Å². The summed E-state index contributed by atoms with van der Waals surface area (Å²) in [6, 6.07) is 8.00. The van der Waals surface area contributed by atoms with E-state index in [1.54, 1.807) is 0 Å². The smallest absolute Gasteiger partial charge is 0.224 e. The van der Waals surface area contributed by atoms with Gasteiger partial charge < -0.3 is 10.2 Å². The molecule has 0 aliphatic carbocycles. The topological polar surface area (TPSA) is 58.1 Å². The van der Waals surface area contributed by atoms with Gasteiger partial charge in [0.2, 0.25) is 5.95 Å². The van der Waals surface area contributed by atoms with E-state index >= 15 is 0 Å². The second-order valence-electron chi connectivity index (χ2n) is 4.47. The zero-order valence-corrected chi connectivity index (χ0v) is 11.6. The van der Waals surface area contributed by atoms with E-state index in [0.717, 1.165) is 29.8 Å². The highest BCUT2D eigenvalue weighted by Gasteiger charge is 2.19. The van der Waals surface area contributed by atoms with Crippen molar-refractivity contribution in [3.63, 3.8) is 0 Å². The predicted molar refractivity (Wildman–Crippen MR) is 79.2 cm³/mol. The van der Waals surface area contributed by atoms with Crippen molar-refractivity contribution < 1.29 is 4.21 Å². The Hall–Kier alpha value is -1.69. The number of hydrogen-bond donors (Lipinski definition) is 1. The number of nitrogens with one attached hydrogen (secondary N) is 1. The van der Waals surface area contributed by atoms with Crippen LogP contribution in [0.2, 0.25) is 0 Å². The van der Waals surface area contributed by atoms with Crippen LogP contribution in [-0.4, -0.2) is 45.8 Å². The lowest BCUT2D eigenvalue weighted by atomic mass is 10.2. The Morgan fingerprint density at radius 3 is 2.68 bits per heavy atom.